The molecule has 1 aliphatic rings. The number of carbonyl (C=O) groups excluding carboxylic acids is 2. The van der Waals surface area contributed by atoms with Crippen molar-refractivity contribution < 1.29 is 9.59 Å². The second-order valence-electron chi connectivity index (χ2n) is 7.75. The molecule has 0 radical (unpaired) electrons. The van der Waals surface area contributed by atoms with Gasteiger partial charge in [0, 0.05) is 37.4 Å². The van der Waals surface area contributed by atoms with Crippen LogP contribution in [0.25, 0.3) is 31.3 Å². The van der Waals surface area contributed by atoms with Crippen LogP contribution in [0.1, 0.15) is 37.4 Å². The Kier molecular flexibility index (Phi) is 3.59. The van der Waals surface area contributed by atoms with Crippen molar-refractivity contribution >= 4 is 43.8 Å². The van der Waals surface area contributed by atoms with Crippen molar-refractivity contribution in [1.82, 2.24) is 0 Å². The molecule has 0 unspecified atom stereocenters. The van der Waals surface area contributed by atoms with E-state index in [0.29, 0.717) is 22.3 Å². The van der Waals surface area contributed by atoms with Crippen molar-refractivity contribution in [2.45, 2.75) is 6.92 Å². The van der Waals surface area contributed by atoms with Gasteiger partial charge in [0.25, 0.3) is 0 Å². The molecule has 0 fully saturated rings. The quantitative estimate of drug-likeness (QED) is 0.302. The summed E-state index contributed by atoms with van der Waals surface area (Å²) in [7, 11) is 0. The number of fused-ring (bicyclic) bond motifs is 5. The Bertz CT molecular complexity index is 1500. The van der Waals surface area contributed by atoms with Crippen LogP contribution >= 0.6 is 11.3 Å². The average molecular weight is 404 g/mol. The lowest BCUT2D eigenvalue weighted by Gasteiger charge is -2.21. The van der Waals surface area contributed by atoms with Gasteiger partial charge in [-0.3, -0.25) is 9.59 Å². The smallest absolute Gasteiger partial charge is 0.195 e. The Morgan fingerprint density at radius 3 is 2.17 bits per heavy atom. The lowest BCUT2D eigenvalue weighted by molar-refractivity contribution is 0.0980. The Hall–Kier alpha value is -3.56. The van der Waals surface area contributed by atoms with Crippen LogP contribution in [0.4, 0.5) is 0 Å². The van der Waals surface area contributed by atoms with Crippen LogP contribution in [0.3, 0.4) is 0 Å². The average Bonchev–Trinajstić information content (AvgIpc) is 3.20. The maximum Gasteiger partial charge on any atom is 0.195 e. The topological polar surface area (TPSA) is 34.1 Å². The fourth-order valence-electron chi connectivity index (χ4n) is 4.44. The molecule has 2 nitrogen and oxygen atoms in total. The summed E-state index contributed by atoms with van der Waals surface area (Å²) < 4.78 is 1.21. The highest BCUT2D eigenvalue weighted by molar-refractivity contribution is 7.22. The molecule has 0 N–H and O–H groups in total. The predicted octanol–water partition coefficient (Wildman–Crippen LogP) is 6.81. The molecule has 1 heterocycles. The first-order chi connectivity index (χ1) is 14.6. The molecule has 0 atom stereocenters. The summed E-state index contributed by atoms with van der Waals surface area (Å²) in [6.07, 6.45) is 0. The summed E-state index contributed by atoms with van der Waals surface area (Å²) in [4.78, 5) is 27.9. The number of thiophene rings is 1. The van der Waals surface area contributed by atoms with Gasteiger partial charge in [-0.05, 0) is 41.3 Å². The van der Waals surface area contributed by atoms with Gasteiger partial charge >= 0.3 is 0 Å². The number of hydrogen-bond donors (Lipinski definition) is 0. The highest BCUT2D eigenvalue weighted by Gasteiger charge is 2.32. The van der Waals surface area contributed by atoms with Crippen molar-refractivity contribution in [3.05, 3.63) is 107 Å². The van der Waals surface area contributed by atoms with Crippen molar-refractivity contribution in [2.75, 3.05) is 0 Å². The lowest BCUT2D eigenvalue weighted by Crippen LogP contribution is -2.21. The molecule has 0 saturated carbocycles. The molecule has 6 rings (SSSR count). The SMILES string of the molecule is Cc1ccc2c(-c3cc4ccccc4s3)cc3c(c2c1)C(=O)c1ccccc1C3=O. The Morgan fingerprint density at radius 1 is 0.633 bits per heavy atom. The van der Waals surface area contributed by atoms with E-state index >= 15 is 0 Å². The Morgan fingerprint density at radius 2 is 1.37 bits per heavy atom. The Balaban J connectivity index is 1.72. The van der Waals surface area contributed by atoms with E-state index in [4.69, 9.17) is 0 Å². The van der Waals surface area contributed by atoms with Crippen molar-refractivity contribution in [3.63, 3.8) is 0 Å². The van der Waals surface area contributed by atoms with Crippen molar-refractivity contribution in [1.29, 1.82) is 0 Å². The summed E-state index contributed by atoms with van der Waals surface area (Å²) in [5, 5.41) is 3.04. The number of rotatable bonds is 1. The number of benzene rings is 4. The first kappa shape index (κ1) is 17.3. The molecule has 30 heavy (non-hydrogen) atoms. The highest BCUT2D eigenvalue weighted by Crippen LogP contribution is 2.42. The Labute approximate surface area is 177 Å². The van der Waals surface area contributed by atoms with Gasteiger partial charge in [-0.15, -0.1) is 11.3 Å². The van der Waals surface area contributed by atoms with E-state index in [9.17, 15) is 9.59 Å². The number of hydrogen-bond acceptors (Lipinski definition) is 3. The molecule has 142 valence electrons. The molecule has 0 amide bonds. The zero-order valence-corrected chi connectivity index (χ0v) is 17.0. The predicted molar refractivity (Wildman–Crippen MR) is 123 cm³/mol. The molecule has 5 aromatic rings. The van der Waals surface area contributed by atoms with Crippen LogP contribution in [0, 0.1) is 6.92 Å². The van der Waals surface area contributed by atoms with E-state index in [-0.39, 0.29) is 11.6 Å². The van der Waals surface area contributed by atoms with E-state index in [1.807, 2.05) is 43.3 Å². The minimum Gasteiger partial charge on any atom is -0.289 e. The van der Waals surface area contributed by atoms with E-state index in [2.05, 4.69) is 30.3 Å². The molecular formula is C27H16O2S. The number of ketones is 2. The number of carbonyl (C=O) groups is 2. The molecule has 3 heteroatoms. The lowest BCUT2D eigenvalue weighted by atomic mass is 9.80. The molecule has 0 saturated heterocycles. The third kappa shape index (κ3) is 2.36. The first-order valence-electron chi connectivity index (χ1n) is 9.86. The minimum atomic E-state index is -0.0778. The van der Waals surface area contributed by atoms with E-state index < -0.39 is 0 Å². The van der Waals surface area contributed by atoms with Crippen LogP contribution in [-0.2, 0) is 0 Å². The largest absolute Gasteiger partial charge is 0.289 e. The standard InChI is InChI=1S/C27H16O2S/c1-15-10-11-17-20(24-13-16-6-2-5-9-23(16)30-24)14-22-25(21(17)12-15)27(29)19-8-4-3-7-18(19)26(22)28/h2-14H,1H3. The highest BCUT2D eigenvalue weighted by atomic mass is 32.1. The monoisotopic (exact) mass is 404 g/mol. The summed E-state index contributed by atoms with van der Waals surface area (Å²) in [6.45, 7) is 2.01. The van der Waals surface area contributed by atoms with E-state index in [1.165, 1.54) is 10.1 Å². The summed E-state index contributed by atoms with van der Waals surface area (Å²) in [5.41, 5.74) is 4.09. The van der Waals surface area contributed by atoms with E-state index in [0.717, 1.165) is 26.8 Å². The molecule has 1 aliphatic carbocycles. The van der Waals surface area contributed by atoms with Crippen LogP contribution in [0.15, 0.2) is 78.9 Å². The van der Waals surface area contributed by atoms with Crippen LogP contribution in [0.2, 0.25) is 0 Å². The van der Waals surface area contributed by atoms with Gasteiger partial charge in [-0.2, -0.15) is 0 Å². The van der Waals surface area contributed by atoms with Gasteiger partial charge in [0.15, 0.2) is 11.6 Å². The summed E-state index contributed by atoms with van der Waals surface area (Å²) >= 11 is 1.71. The minimum absolute atomic E-state index is 0.0707. The van der Waals surface area contributed by atoms with Crippen LogP contribution in [-0.4, -0.2) is 11.6 Å². The van der Waals surface area contributed by atoms with Gasteiger partial charge < -0.3 is 0 Å². The molecule has 4 aromatic carbocycles. The molecule has 1 aromatic heterocycles. The number of aryl methyl sites for hydroxylation is 1. The zero-order valence-electron chi connectivity index (χ0n) is 16.2. The summed E-state index contributed by atoms with van der Waals surface area (Å²) in [6, 6.07) is 25.7. The van der Waals surface area contributed by atoms with Gasteiger partial charge in [0.05, 0.1) is 0 Å². The molecule has 0 bridgehead atoms. The second-order valence-corrected chi connectivity index (χ2v) is 8.83. The zero-order chi connectivity index (χ0) is 20.4. The molecule has 0 aliphatic heterocycles. The second kappa shape index (κ2) is 6.22. The van der Waals surface area contributed by atoms with E-state index in [1.54, 1.807) is 23.5 Å². The van der Waals surface area contributed by atoms with Crippen LogP contribution in [0.5, 0.6) is 0 Å². The maximum absolute atomic E-state index is 13.4. The fraction of sp³-hybridized carbons (Fsp3) is 0.0370. The third-order valence-electron chi connectivity index (χ3n) is 5.87. The van der Waals surface area contributed by atoms with Crippen LogP contribution < -0.4 is 0 Å². The fourth-order valence-corrected chi connectivity index (χ4v) is 5.53. The first-order valence-corrected chi connectivity index (χ1v) is 10.7. The van der Waals surface area contributed by atoms with Gasteiger partial charge in [-0.1, -0.05) is 66.2 Å². The van der Waals surface area contributed by atoms with Crippen molar-refractivity contribution in [2.24, 2.45) is 0 Å². The maximum atomic E-state index is 13.4. The van der Waals surface area contributed by atoms with Crippen molar-refractivity contribution in [3.8, 4) is 10.4 Å². The molecule has 0 spiro atoms. The van der Waals surface area contributed by atoms with Gasteiger partial charge in [0.2, 0.25) is 0 Å². The normalized spacial score (nSPS) is 13.0. The summed E-state index contributed by atoms with van der Waals surface area (Å²) in [5.74, 6) is -0.148. The van der Waals surface area contributed by atoms with Gasteiger partial charge in [-0.25, -0.2) is 0 Å². The van der Waals surface area contributed by atoms with Gasteiger partial charge in [0.1, 0.15) is 0 Å². The third-order valence-corrected chi connectivity index (χ3v) is 7.02. The molecular weight excluding hydrogens is 388 g/mol.